The standard InChI is InChI=1S/C22H25NO4/c1-5-20(22(24)25-3)19-9-6-18(7-10-19)15-27-21-11-8-17(14-16(21)2)12-13-23-26-4/h5-11,13-14H,12,15H2,1-4H3. The molecule has 2 aromatic carbocycles. The van der Waals surface area contributed by atoms with Crippen LogP contribution in [0.4, 0.5) is 0 Å². The van der Waals surface area contributed by atoms with Gasteiger partial charge in [-0.15, -0.1) is 0 Å². The monoisotopic (exact) mass is 367 g/mol. The van der Waals surface area contributed by atoms with Crippen LogP contribution in [0.15, 0.2) is 53.7 Å². The zero-order chi connectivity index (χ0) is 19.6. The smallest absolute Gasteiger partial charge is 0.338 e. The zero-order valence-electron chi connectivity index (χ0n) is 16.2. The number of nitrogens with zero attached hydrogens (tertiary/aromatic N) is 1. The Morgan fingerprint density at radius 1 is 1.07 bits per heavy atom. The van der Waals surface area contributed by atoms with Crippen LogP contribution in [0.5, 0.6) is 5.75 Å². The van der Waals surface area contributed by atoms with Gasteiger partial charge in [0.15, 0.2) is 0 Å². The normalized spacial score (nSPS) is 11.5. The van der Waals surface area contributed by atoms with Crippen LogP contribution in [0.2, 0.25) is 0 Å². The van der Waals surface area contributed by atoms with Gasteiger partial charge in [0.1, 0.15) is 19.5 Å². The van der Waals surface area contributed by atoms with Gasteiger partial charge < -0.3 is 14.3 Å². The third kappa shape index (κ3) is 5.71. The van der Waals surface area contributed by atoms with E-state index >= 15 is 0 Å². The van der Waals surface area contributed by atoms with Crippen molar-refractivity contribution in [2.45, 2.75) is 26.9 Å². The highest BCUT2D eigenvalue weighted by Crippen LogP contribution is 2.22. The number of allylic oxidation sites excluding steroid dienone is 1. The van der Waals surface area contributed by atoms with Crippen molar-refractivity contribution in [1.29, 1.82) is 0 Å². The first-order valence-corrected chi connectivity index (χ1v) is 8.70. The molecular weight excluding hydrogens is 342 g/mol. The molecule has 0 bridgehead atoms. The average molecular weight is 367 g/mol. The number of hydrogen-bond donors (Lipinski definition) is 0. The lowest BCUT2D eigenvalue weighted by Gasteiger charge is -2.11. The third-order valence-electron chi connectivity index (χ3n) is 4.10. The summed E-state index contributed by atoms with van der Waals surface area (Å²) in [6, 6.07) is 13.8. The number of carbonyl (C=O) groups is 1. The maximum Gasteiger partial charge on any atom is 0.338 e. The summed E-state index contributed by atoms with van der Waals surface area (Å²) < 4.78 is 10.7. The van der Waals surface area contributed by atoms with Gasteiger partial charge in [0, 0.05) is 12.6 Å². The molecule has 0 heterocycles. The first-order valence-electron chi connectivity index (χ1n) is 8.70. The molecule has 0 amide bonds. The molecule has 2 rings (SSSR count). The topological polar surface area (TPSA) is 57.1 Å². The van der Waals surface area contributed by atoms with E-state index in [1.807, 2.05) is 50.2 Å². The number of rotatable bonds is 8. The fourth-order valence-corrected chi connectivity index (χ4v) is 2.67. The first kappa shape index (κ1) is 20.2. The van der Waals surface area contributed by atoms with Gasteiger partial charge in [-0.1, -0.05) is 47.6 Å². The fraction of sp³-hybridized carbons (Fsp3) is 0.273. The van der Waals surface area contributed by atoms with Gasteiger partial charge >= 0.3 is 5.97 Å². The SMILES string of the molecule is CC=C(C(=O)OC)c1ccc(COc2ccc(CC=NOC)cc2C)cc1. The number of oxime groups is 1. The van der Waals surface area contributed by atoms with Gasteiger partial charge in [-0.05, 0) is 42.2 Å². The van der Waals surface area contributed by atoms with Crippen molar-refractivity contribution in [3.8, 4) is 5.75 Å². The summed E-state index contributed by atoms with van der Waals surface area (Å²) in [6.45, 7) is 4.29. The summed E-state index contributed by atoms with van der Waals surface area (Å²) in [4.78, 5) is 16.4. The minimum Gasteiger partial charge on any atom is -0.489 e. The predicted octanol–water partition coefficient (Wildman–Crippen LogP) is 4.33. The van der Waals surface area contributed by atoms with Gasteiger partial charge in [-0.2, -0.15) is 0 Å². The second-order valence-electron chi connectivity index (χ2n) is 5.95. The van der Waals surface area contributed by atoms with Crippen molar-refractivity contribution < 1.29 is 19.1 Å². The Labute approximate surface area is 160 Å². The number of aryl methyl sites for hydroxylation is 1. The van der Waals surface area contributed by atoms with Crippen molar-refractivity contribution in [3.63, 3.8) is 0 Å². The van der Waals surface area contributed by atoms with E-state index in [2.05, 4.69) is 16.1 Å². The van der Waals surface area contributed by atoms with Crippen LogP contribution in [-0.2, 0) is 27.4 Å². The molecule has 0 saturated heterocycles. The van der Waals surface area contributed by atoms with Crippen LogP contribution >= 0.6 is 0 Å². The molecular formula is C22H25NO4. The molecule has 0 saturated carbocycles. The first-order chi connectivity index (χ1) is 13.1. The van der Waals surface area contributed by atoms with Crippen LogP contribution in [0.3, 0.4) is 0 Å². The molecule has 0 radical (unpaired) electrons. The molecule has 0 aliphatic heterocycles. The van der Waals surface area contributed by atoms with E-state index < -0.39 is 0 Å². The molecule has 0 unspecified atom stereocenters. The second kappa shape index (κ2) is 10.2. The largest absolute Gasteiger partial charge is 0.489 e. The number of hydrogen-bond acceptors (Lipinski definition) is 5. The van der Waals surface area contributed by atoms with Crippen molar-refractivity contribution in [3.05, 3.63) is 70.8 Å². The van der Waals surface area contributed by atoms with Gasteiger partial charge in [-0.25, -0.2) is 4.79 Å². The van der Waals surface area contributed by atoms with Crippen molar-refractivity contribution in [2.75, 3.05) is 14.2 Å². The molecule has 5 heteroatoms. The van der Waals surface area contributed by atoms with Crippen molar-refractivity contribution in [2.24, 2.45) is 5.16 Å². The predicted molar refractivity (Wildman–Crippen MR) is 107 cm³/mol. The quantitative estimate of drug-likeness (QED) is 0.302. The van der Waals surface area contributed by atoms with E-state index in [0.29, 0.717) is 18.6 Å². The van der Waals surface area contributed by atoms with Gasteiger partial charge in [-0.3, -0.25) is 0 Å². The lowest BCUT2D eigenvalue weighted by molar-refractivity contribution is -0.133. The molecule has 0 aromatic heterocycles. The highest BCUT2D eigenvalue weighted by molar-refractivity contribution is 6.16. The molecule has 0 fully saturated rings. The molecule has 0 atom stereocenters. The van der Waals surface area contributed by atoms with Crippen LogP contribution in [0, 0.1) is 6.92 Å². The molecule has 0 spiro atoms. The van der Waals surface area contributed by atoms with E-state index in [4.69, 9.17) is 9.47 Å². The highest BCUT2D eigenvalue weighted by atomic mass is 16.6. The number of ether oxygens (including phenoxy) is 2. The van der Waals surface area contributed by atoms with E-state index in [9.17, 15) is 4.79 Å². The lowest BCUT2D eigenvalue weighted by atomic mass is 10.0. The average Bonchev–Trinajstić information content (AvgIpc) is 2.69. The van der Waals surface area contributed by atoms with E-state index in [0.717, 1.165) is 28.0 Å². The number of benzene rings is 2. The molecule has 27 heavy (non-hydrogen) atoms. The Bertz CT molecular complexity index is 823. The Balaban J connectivity index is 2.00. The molecule has 2 aromatic rings. The Morgan fingerprint density at radius 3 is 2.37 bits per heavy atom. The summed E-state index contributed by atoms with van der Waals surface area (Å²) in [7, 11) is 2.91. The maximum atomic E-state index is 11.8. The zero-order valence-corrected chi connectivity index (χ0v) is 16.2. The lowest BCUT2D eigenvalue weighted by Crippen LogP contribution is -2.04. The van der Waals surface area contributed by atoms with Crippen LogP contribution in [-0.4, -0.2) is 26.4 Å². The van der Waals surface area contributed by atoms with Crippen molar-refractivity contribution in [1.82, 2.24) is 0 Å². The minimum absolute atomic E-state index is 0.340. The number of esters is 1. The summed E-state index contributed by atoms with van der Waals surface area (Å²) in [5.74, 6) is 0.503. The highest BCUT2D eigenvalue weighted by Gasteiger charge is 2.11. The summed E-state index contributed by atoms with van der Waals surface area (Å²) in [5.41, 5.74) is 4.61. The Hall–Kier alpha value is -3.08. The molecule has 142 valence electrons. The van der Waals surface area contributed by atoms with E-state index in [-0.39, 0.29) is 5.97 Å². The maximum absolute atomic E-state index is 11.8. The minimum atomic E-state index is -0.340. The summed E-state index contributed by atoms with van der Waals surface area (Å²) in [6.07, 6.45) is 4.19. The molecule has 0 aliphatic rings. The number of carbonyl (C=O) groups excluding carboxylic acids is 1. The van der Waals surface area contributed by atoms with E-state index in [1.165, 1.54) is 14.2 Å². The fourth-order valence-electron chi connectivity index (χ4n) is 2.67. The molecule has 0 aliphatic carbocycles. The van der Waals surface area contributed by atoms with Crippen LogP contribution < -0.4 is 4.74 Å². The Kier molecular flexibility index (Phi) is 7.62. The third-order valence-corrected chi connectivity index (χ3v) is 4.10. The van der Waals surface area contributed by atoms with Crippen LogP contribution in [0.1, 0.15) is 29.2 Å². The van der Waals surface area contributed by atoms with Crippen LogP contribution in [0.25, 0.3) is 5.57 Å². The molecule has 0 N–H and O–H groups in total. The summed E-state index contributed by atoms with van der Waals surface area (Å²) in [5, 5.41) is 3.75. The van der Waals surface area contributed by atoms with Gasteiger partial charge in [0.05, 0.1) is 12.7 Å². The van der Waals surface area contributed by atoms with Gasteiger partial charge in [0.25, 0.3) is 0 Å². The molecule has 5 nitrogen and oxygen atoms in total. The number of methoxy groups -OCH3 is 1. The van der Waals surface area contributed by atoms with Crippen molar-refractivity contribution >= 4 is 17.8 Å². The Morgan fingerprint density at radius 2 is 1.78 bits per heavy atom. The van der Waals surface area contributed by atoms with E-state index in [1.54, 1.807) is 12.3 Å². The van der Waals surface area contributed by atoms with Gasteiger partial charge in [0.2, 0.25) is 0 Å². The second-order valence-corrected chi connectivity index (χ2v) is 5.95. The summed E-state index contributed by atoms with van der Waals surface area (Å²) >= 11 is 0.